The number of fused-ring (bicyclic) bond motifs is 1. The largest absolute Gasteiger partial charge is 0.323 e. The van der Waals surface area contributed by atoms with Crippen LogP contribution < -0.4 is 16.2 Å². The number of amides is 1. The summed E-state index contributed by atoms with van der Waals surface area (Å²) < 4.78 is 16.5. The lowest BCUT2D eigenvalue weighted by Crippen LogP contribution is -2.43. The molecular weight excluding hydrogens is 526 g/mol. The fourth-order valence-corrected chi connectivity index (χ4v) is 6.04. The summed E-state index contributed by atoms with van der Waals surface area (Å²) in [5.41, 5.74) is 2.93. The number of thioether (sulfide) groups is 1. The molecule has 3 aromatic rings. The molecule has 36 heavy (non-hydrogen) atoms. The second-order valence-corrected chi connectivity index (χ2v) is 10.2. The van der Waals surface area contributed by atoms with Crippen LogP contribution in [0.25, 0.3) is 10.9 Å². The Balaban J connectivity index is 0.00000152. The van der Waals surface area contributed by atoms with Gasteiger partial charge >= 0.3 is 0 Å². The SMILES string of the molecule is Cl.Cl.O=C1CSc2nnc(CNC3CCN(CC4Cn5c(=O)ccc6ccc(F)c4c65)CC3)cc2N1. The zero-order valence-electron chi connectivity index (χ0n) is 19.4. The van der Waals surface area contributed by atoms with Crippen molar-refractivity contribution < 1.29 is 9.18 Å². The monoisotopic (exact) mass is 552 g/mol. The quantitative estimate of drug-likeness (QED) is 0.502. The van der Waals surface area contributed by atoms with Gasteiger partial charge in [-0.05, 0) is 55.6 Å². The van der Waals surface area contributed by atoms with Gasteiger partial charge in [0.1, 0.15) is 10.8 Å². The first kappa shape index (κ1) is 26.8. The summed E-state index contributed by atoms with van der Waals surface area (Å²) in [6.07, 6.45) is 1.97. The van der Waals surface area contributed by atoms with E-state index in [9.17, 15) is 14.0 Å². The minimum absolute atomic E-state index is 0. The van der Waals surface area contributed by atoms with Gasteiger partial charge in [0.15, 0.2) is 0 Å². The van der Waals surface area contributed by atoms with Crippen molar-refractivity contribution in [3.8, 4) is 0 Å². The lowest BCUT2D eigenvalue weighted by Gasteiger charge is -2.34. The molecule has 1 saturated heterocycles. The number of carbonyl (C=O) groups excluding carboxylic acids is 1. The van der Waals surface area contributed by atoms with Gasteiger partial charge in [0, 0.05) is 43.2 Å². The molecule has 3 aliphatic heterocycles. The molecule has 8 nitrogen and oxygen atoms in total. The third kappa shape index (κ3) is 5.10. The van der Waals surface area contributed by atoms with Crippen LogP contribution in [-0.4, -0.2) is 57.0 Å². The van der Waals surface area contributed by atoms with E-state index >= 15 is 0 Å². The van der Waals surface area contributed by atoms with Crippen molar-refractivity contribution in [1.82, 2.24) is 25.0 Å². The number of pyridine rings is 1. The maximum atomic E-state index is 14.8. The molecule has 0 radical (unpaired) electrons. The molecule has 1 unspecified atom stereocenters. The number of hydrogen-bond donors (Lipinski definition) is 2. The number of halogens is 3. The molecule has 1 amide bonds. The van der Waals surface area contributed by atoms with Crippen LogP contribution in [0.1, 0.15) is 30.0 Å². The van der Waals surface area contributed by atoms with Crippen molar-refractivity contribution in [1.29, 1.82) is 0 Å². The van der Waals surface area contributed by atoms with Crippen molar-refractivity contribution in [2.45, 2.75) is 42.9 Å². The molecular formula is C24H27Cl2FN6O2S. The van der Waals surface area contributed by atoms with E-state index in [2.05, 4.69) is 25.7 Å². The summed E-state index contributed by atoms with van der Waals surface area (Å²) in [6, 6.07) is 8.89. The van der Waals surface area contributed by atoms with Crippen LogP contribution in [0.15, 0.2) is 40.2 Å². The highest BCUT2D eigenvalue weighted by Crippen LogP contribution is 2.35. The van der Waals surface area contributed by atoms with Gasteiger partial charge in [0.25, 0.3) is 5.56 Å². The van der Waals surface area contributed by atoms with Crippen LogP contribution in [0, 0.1) is 5.82 Å². The van der Waals surface area contributed by atoms with E-state index in [0.717, 1.165) is 59.8 Å². The second kappa shape index (κ2) is 11.0. The summed E-state index contributed by atoms with van der Waals surface area (Å²) in [5.74, 6) is 0.139. The molecule has 3 aliphatic rings. The van der Waals surface area contributed by atoms with Gasteiger partial charge in [-0.15, -0.1) is 29.9 Å². The van der Waals surface area contributed by atoms with Crippen LogP contribution in [0.5, 0.6) is 0 Å². The standard InChI is InChI=1S/C24H25FN6O2S.2ClH/c25-18-3-1-14-2-4-21(33)31-12-15(22(18)23(14)31)11-30-7-5-16(6-8-30)26-10-17-9-19-24(29-28-17)34-13-20(32)27-19;;/h1-4,9,15-16,26H,5-8,10-13H2,(H,27,32);2*1H. The van der Waals surface area contributed by atoms with Crippen LogP contribution in [0.3, 0.4) is 0 Å². The zero-order valence-corrected chi connectivity index (χ0v) is 21.9. The number of rotatable bonds is 5. The summed E-state index contributed by atoms with van der Waals surface area (Å²) in [5, 5.41) is 16.6. The molecule has 5 heterocycles. The van der Waals surface area contributed by atoms with Gasteiger partial charge < -0.3 is 20.1 Å². The van der Waals surface area contributed by atoms with E-state index in [1.165, 1.54) is 17.8 Å². The molecule has 0 bridgehead atoms. The average Bonchev–Trinajstić information content (AvgIpc) is 3.23. The number of nitrogens with zero attached hydrogens (tertiary/aromatic N) is 4. The predicted molar refractivity (Wildman–Crippen MR) is 143 cm³/mol. The van der Waals surface area contributed by atoms with Gasteiger partial charge in [-0.1, -0.05) is 11.8 Å². The van der Waals surface area contributed by atoms with Gasteiger partial charge in [-0.25, -0.2) is 4.39 Å². The molecule has 1 fully saturated rings. The number of anilines is 1. The third-order valence-corrected chi connectivity index (χ3v) is 7.99. The van der Waals surface area contributed by atoms with E-state index < -0.39 is 0 Å². The molecule has 6 rings (SSSR count). The molecule has 0 aliphatic carbocycles. The number of benzene rings is 1. The Kier molecular flexibility index (Phi) is 8.21. The van der Waals surface area contributed by atoms with Crippen molar-refractivity contribution >= 4 is 59.1 Å². The number of piperidine rings is 1. The topological polar surface area (TPSA) is 92.2 Å². The highest BCUT2D eigenvalue weighted by molar-refractivity contribution is 8.00. The molecule has 12 heteroatoms. The number of likely N-dealkylation sites (tertiary alicyclic amines) is 1. The lowest BCUT2D eigenvalue weighted by atomic mass is 9.97. The van der Waals surface area contributed by atoms with Crippen molar-refractivity contribution in [3.63, 3.8) is 0 Å². The first-order valence-electron chi connectivity index (χ1n) is 11.6. The predicted octanol–water partition coefficient (Wildman–Crippen LogP) is 3.17. The van der Waals surface area contributed by atoms with Gasteiger partial charge in [-0.2, -0.15) is 5.10 Å². The molecule has 1 atom stereocenters. The van der Waals surface area contributed by atoms with Crippen molar-refractivity contribution in [2.75, 3.05) is 30.7 Å². The fraction of sp³-hybridized carbons (Fsp3) is 0.417. The van der Waals surface area contributed by atoms with Crippen molar-refractivity contribution in [3.05, 3.63) is 57.8 Å². The Bertz CT molecular complexity index is 1350. The van der Waals surface area contributed by atoms with E-state index in [4.69, 9.17) is 0 Å². The first-order valence-corrected chi connectivity index (χ1v) is 12.6. The number of nitrogens with one attached hydrogen (secondary N) is 2. The Morgan fingerprint density at radius 2 is 1.89 bits per heavy atom. The molecule has 2 aromatic heterocycles. The van der Waals surface area contributed by atoms with Gasteiger partial charge in [0.05, 0.1) is 22.7 Å². The lowest BCUT2D eigenvalue weighted by molar-refractivity contribution is -0.113. The minimum Gasteiger partial charge on any atom is -0.323 e. The van der Waals surface area contributed by atoms with E-state index in [1.54, 1.807) is 22.8 Å². The molecule has 0 saturated carbocycles. The normalized spacial score (nSPS) is 19.4. The molecule has 192 valence electrons. The van der Waals surface area contributed by atoms with E-state index in [-0.39, 0.29) is 48.0 Å². The summed E-state index contributed by atoms with van der Waals surface area (Å²) in [7, 11) is 0. The van der Waals surface area contributed by atoms with E-state index in [1.807, 2.05) is 6.07 Å². The van der Waals surface area contributed by atoms with Gasteiger partial charge in [-0.3, -0.25) is 9.59 Å². The summed E-state index contributed by atoms with van der Waals surface area (Å²) >= 11 is 1.41. The Labute approximate surface area is 224 Å². The van der Waals surface area contributed by atoms with Crippen LogP contribution in [0.2, 0.25) is 0 Å². The first-order chi connectivity index (χ1) is 16.5. The highest BCUT2D eigenvalue weighted by Gasteiger charge is 2.31. The smallest absolute Gasteiger partial charge is 0.251 e. The number of carbonyl (C=O) groups is 1. The molecule has 0 spiro atoms. The Morgan fingerprint density at radius 1 is 1.11 bits per heavy atom. The van der Waals surface area contributed by atoms with Crippen LogP contribution >= 0.6 is 36.6 Å². The Morgan fingerprint density at radius 3 is 2.69 bits per heavy atom. The maximum absolute atomic E-state index is 14.8. The second-order valence-electron chi connectivity index (χ2n) is 9.23. The number of hydrogen-bond acceptors (Lipinski definition) is 7. The van der Waals surface area contributed by atoms with Crippen LogP contribution in [-0.2, 0) is 17.9 Å². The van der Waals surface area contributed by atoms with Crippen LogP contribution in [0.4, 0.5) is 10.1 Å². The molecule has 2 N–H and O–H groups in total. The fourth-order valence-electron chi connectivity index (χ4n) is 5.33. The third-order valence-electron chi connectivity index (χ3n) is 7.01. The maximum Gasteiger partial charge on any atom is 0.251 e. The highest BCUT2D eigenvalue weighted by atomic mass is 35.5. The Hall–Kier alpha value is -2.24. The summed E-state index contributed by atoms with van der Waals surface area (Å²) in [6.45, 7) is 3.71. The van der Waals surface area contributed by atoms with Gasteiger partial charge in [0.2, 0.25) is 5.91 Å². The minimum atomic E-state index is -0.216. The van der Waals surface area contributed by atoms with Crippen molar-refractivity contribution in [2.24, 2.45) is 0 Å². The molecule has 1 aromatic carbocycles. The zero-order chi connectivity index (χ0) is 23.2. The average molecular weight is 553 g/mol. The number of aromatic nitrogens is 3. The van der Waals surface area contributed by atoms with E-state index in [0.29, 0.717) is 30.4 Å². The summed E-state index contributed by atoms with van der Waals surface area (Å²) in [4.78, 5) is 26.4.